The fourth-order valence-electron chi connectivity index (χ4n) is 3.18. The maximum absolute atomic E-state index is 12.9. The average molecular weight is 399 g/mol. The van der Waals surface area contributed by atoms with E-state index in [1.165, 1.54) is 30.5 Å². The smallest absolute Gasteiger partial charge is 0.320 e. The molecule has 28 heavy (non-hydrogen) atoms. The number of carbonyl (C=O) groups is 1. The first-order chi connectivity index (χ1) is 13.6. The van der Waals surface area contributed by atoms with Gasteiger partial charge in [-0.3, -0.25) is 4.79 Å². The topological polar surface area (TPSA) is 80.7 Å². The van der Waals surface area contributed by atoms with Crippen LogP contribution < -0.4 is 14.4 Å². The summed E-state index contributed by atoms with van der Waals surface area (Å²) >= 11 is 1.69. The number of aromatic nitrogens is 3. The van der Waals surface area contributed by atoms with Crippen LogP contribution in [-0.4, -0.2) is 66.2 Å². The first-order valence-electron chi connectivity index (χ1n) is 8.96. The first kappa shape index (κ1) is 18.4. The van der Waals surface area contributed by atoms with Gasteiger partial charge in [-0.1, -0.05) is 23.5 Å². The fraction of sp³-hybridized carbons (Fsp3) is 0.368. The number of fused-ring (bicyclic) bond motifs is 1. The van der Waals surface area contributed by atoms with Gasteiger partial charge in [0.1, 0.15) is 5.69 Å². The highest BCUT2D eigenvalue weighted by molar-refractivity contribution is 7.22. The van der Waals surface area contributed by atoms with Crippen molar-refractivity contribution in [3.8, 4) is 11.9 Å². The van der Waals surface area contributed by atoms with Gasteiger partial charge in [0.15, 0.2) is 5.13 Å². The van der Waals surface area contributed by atoms with Gasteiger partial charge >= 0.3 is 6.01 Å². The van der Waals surface area contributed by atoms with Gasteiger partial charge in [-0.2, -0.15) is 9.97 Å². The van der Waals surface area contributed by atoms with Crippen molar-refractivity contribution in [1.82, 2.24) is 19.9 Å². The molecule has 1 fully saturated rings. The Morgan fingerprint density at radius 1 is 1.07 bits per heavy atom. The summed E-state index contributed by atoms with van der Waals surface area (Å²) in [5, 5.41) is 1.00. The Labute approximate surface area is 166 Å². The third-order valence-corrected chi connectivity index (χ3v) is 5.82. The molecule has 0 atom stereocenters. The fourth-order valence-corrected chi connectivity index (χ4v) is 4.28. The SMILES string of the molecule is COc1cc(C(=O)N2CCN(c3nc4c(C)cccc4s3)CC2)nc(OC)n1. The van der Waals surface area contributed by atoms with Gasteiger partial charge < -0.3 is 19.3 Å². The molecule has 3 aromatic rings. The minimum atomic E-state index is -0.154. The molecule has 8 nitrogen and oxygen atoms in total. The molecule has 0 radical (unpaired) electrons. The van der Waals surface area contributed by atoms with E-state index in [9.17, 15) is 4.79 Å². The summed E-state index contributed by atoms with van der Waals surface area (Å²) in [5.74, 6) is 0.150. The quantitative estimate of drug-likeness (QED) is 0.666. The van der Waals surface area contributed by atoms with Crippen molar-refractivity contribution >= 4 is 32.6 Å². The molecule has 0 saturated carbocycles. The lowest BCUT2D eigenvalue weighted by Crippen LogP contribution is -2.49. The van der Waals surface area contributed by atoms with Crippen molar-refractivity contribution in [2.45, 2.75) is 6.92 Å². The molecule has 9 heteroatoms. The number of amides is 1. The second kappa shape index (κ2) is 7.59. The molecule has 1 saturated heterocycles. The van der Waals surface area contributed by atoms with E-state index in [2.05, 4.69) is 40.0 Å². The zero-order valence-corrected chi connectivity index (χ0v) is 16.8. The molecule has 1 aliphatic rings. The lowest BCUT2D eigenvalue weighted by molar-refractivity contribution is 0.0739. The number of rotatable bonds is 4. The Morgan fingerprint density at radius 2 is 1.86 bits per heavy atom. The predicted molar refractivity (Wildman–Crippen MR) is 108 cm³/mol. The van der Waals surface area contributed by atoms with Crippen molar-refractivity contribution in [1.29, 1.82) is 0 Å². The Hall–Kier alpha value is -2.94. The maximum Gasteiger partial charge on any atom is 0.320 e. The molecule has 4 rings (SSSR count). The lowest BCUT2D eigenvalue weighted by Gasteiger charge is -2.34. The van der Waals surface area contributed by atoms with Crippen LogP contribution in [0.4, 0.5) is 5.13 Å². The van der Waals surface area contributed by atoms with Crippen LogP contribution in [0.3, 0.4) is 0 Å². The summed E-state index contributed by atoms with van der Waals surface area (Å²) in [4.78, 5) is 29.9. The van der Waals surface area contributed by atoms with Crippen LogP contribution in [0.25, 0.3) is 10.2 Å². The zero-order valence-electron chi connectivity index (χ0n) is 16.0. The summed E-state index contributed by atoms with van der Waals surface area (Å²) in [5.41, 5.74) is 2.51. The summed E-state index contributed by atoms with van der Waals surface area (Å²) in [6.07, 6.45) is 0. The van der Waals surface area contributed by atoms with E-state index in [0.717, 1.165) is 23.7 Å². The molecule has 1 aliphatic heterocycles. The number of nitrogens with zero attached hydrogens (tertiary/aromatic N) is 5. The van der Waals surface area contributed by atoms with E-state index >= 15 is 0 Å². The predicted octanol–water partition coefficient (Wildman–Crippen LogP) is 2.37. The number of anilines is 1. The maximum atomic E-state index is 12.9. The number of hydrogen-bond donors (Lipinski definition) is 0. The van der Waals surface area contributed by atoms with E-state index in [1.807, 2.05) is 0 Å². The molecule has 0 unspecified atom stereocenters. The molecular weight excluding hydrogens is 378 g/mol. The van der Waals surface area contributed by atoms with Crippen LogP contribution in [0.15, 0.2) is 24.3 Å². The Bertz CT molecular complexity index is 992. The molecule has 0 spiro atoms. The van der Waals surface area contributed by atoms with Gasteiger partial charge in [0.2, 0.25) is 5.88 Å². The molecule has 1 aromatic carbocycles. The number of para-hydroxylation sites is 1. The number of aryl methyl sites for hydroxylation is 1. The average Bonchev–Trinajstić information content (AvgIpc) is 3.18. The third-order valence-electron chi connectivity index (χ3n) is 4.74. The second-order valence-corrected chi connectivity index (χ2v) is 7.49. The van der Waals surface area contributed by atoms with Crippen LogP contribution in [0.1, 0.15) is 16.1 Å². The number of hydrogen-bond acceptors (Lipinski definition) is 8. The highest BCUT2D eigenvalue weighted by Gasteiger charge is 2.26. The summed E-state index contributed by atoms with van der Waals surface area (Å²) in [6.45, 7) is 4.73. The molecule has 2 aromatic heterocycles. The molecular formula is C19H21N5O3S. The highest BCUT2D eigenvalue weighted by atomic mass is 32.1. The highest BCUT2D eigenvalue weighted by Crippen LogP contribution is 2.31. The Morgan fingerprint density at radius 3 is 2.54 bits per heavy atom. The van der Waals surface area contributed by atoms with Crippen LogP contribution >= 0.6 is 11.3 Å². The number of piperazine rings is 1. The summed E-state index contributed by atoms with van der Waals surface area (Å²) < 4.78 is 11.4. The van der Waals surface area contributed by atoms with E-state index < -0.39 is 0 Å². The lowest BCUT2D eigenvalue weighted by atomic mass is 10.2. The normalized spacial score (nSPS) is 14.4. The molecule has 0 N–H and O–H groups in total. The van der Waals surface area contributed by atoms with E-state index in [4.69, 9.17) is 14.5 Å². The number of ether oxygens (including phenoxy) is 2. The van der Waals surface area contributed by atoms with E-state index in [-0.39, 0.29) is 17.6 Å². The van der Waals surface area contributed by atoms with Gasteiger partial charge in [0, 0.05) is 32.2 Å². The van der Waals surface area contributed by atoms with Gasteiger partial charge in [0.25, 0.3) is 5.91 Å². The Kier molecular flexibility index (Phi) is 4.99. The van der Waals surface area contributed by atoms with Crippen LogP contribution in [0.5, 0.6) is 11.9 Å². The largest absolute Gasteiger partial charge is 0.481 e. The summed E-state index contributed by atoms with van der Waals surface area (Å²) in [6, 6.07) is 7.88. The standard InChI is InChI=1S/C19H21N5O3S/c1-12-5-4-6-14-16(12)22-19(28-14)24-9-7-23(8-10-24)17(25)13-11-15(26-2)21-18(20-13)27-3/h4-6,11H,7-10H2,1-3H3. The van der Waals surface area contributed by atoms with Crippen molar-refractivity contribution < 1.29 is 14.3 Å². The van der Waals surface area contributed by atoms with Crippen LogP contribution in [-0.2, 0) is 0 Å². The molecule has 0 aliphatic carbocycles. The van der Waals surface area contributed by atoms with Crippen LogP contribution in [0, 0.1) is 6.92 Å². The van der Waals surface area contributed by atoms with Gasteiger partial charge in [-0.15, -0.1) is 0 Å². The van der Waals surface area contributed by atoms with Crippen molar-refractivity contribution in [2.75, 3.05) is 45.3 Å². The number of thiazole rings is 1. The van der Waals surface area contributed by atoms with Crippen molar-refractivity contribution in [3.63, 3.8) is 0 Å². The Balaban J connectivity index is 1.47. The van der Waals surface area contributed by atoms with Crippen LogP contribution in [0.2, 0.25) is 0 Å². The minimum absolute atomic E-state index is 0.117. The van der Waals surface area contributed by atoms with Gasteiger partial charge in [-0.05, 0) is 18.6 Å². The molecule has 0 bridgehead atoms. The minimum Gasteiger partial charge on any atom is -0.481 e. The van der Waals surface area contributed by atoms with E-state index in [1.54, 1.807) is 16.2 Å². The number of carbonyl (C=O) groups excluding carboxylic acids is 1. The monoisotopic (exact) mass is 399 g/mol. The first-order valence-corrected chi connectivity index (χ1v) is 9.78. The van der Waals surface area contributed by atoms with Crippen molar-refractivity contribution in [3.05, 3.63) is 35.5 Å². The third kappa shape index (κ3) is 3.45. The van der Waals surface area contributed by atoms with Gasteiger partial charge in [-0.25, -0.2) is 4.98 Å². The summed E-state index contributed by atoms with van der Waals surface area (Å²) in [7, 11) is 2.95. The molecule has 3 heterocycles. The van der Waals surface area contributed by atoms with Gasteiger partial charge in [0.05, 0.1) is 24.4 Å². The molecule has 1 amide bonds. The second-order valence-electron chi connectivity index (χ2n) is 6.48. The number of benzene rings is 1. The zero-order chi connectivity index (χ0) is 19.7. The number of methoxy groups -OCH3 is 2. The van der Waals surface area contributed by atoms with Crippen molar-refractivity contribution in [2.24, 2.45) is 0 Å². The molecule has 146 valence electrons. The van der Waals surface area contributed by atoms with E-state index in [0.29, 0.717) is 19.0 Å².